The first-order valence-electron chi connectivity index (χ1n) is 7.89. The molecule has 0 atom stereocenters. The molecule has 26 heavy (non-hydrogen) atoms. The number of ether oxygens (including phenoxy) is 3. The maximum absolute atomic E-state index is 12.3. The predicted molar refractivity (Wildman–Crippen MR) is 93.1 cm³/mol. The maximum atomic E-state index is 12.3. The van der Waals surface area contributed by atoms with Crippen LogP contribution in [-0.4, -0.2) is 30.3 Å². The van der Waals surface area contributed by atoms with Crippen molar-refractivity contribution in [3.63, 3.8) is 0 Å². The van der Waals surface area contributed by atoms with Crippen LogP contribution in [0.2, 0.25) is 0 Å². The number of carbonyl (C=O) groups is 1. The molecule has 0 radical (unpaired) electrons. The van der Waals surface area contributed by atoms with E-state index in [1.807, 2.05) is 31.2 Å². The van der Waals surface area contributed by atoms with Gasteiger partial charge in [0.25, 0.3) is 5.89 Å². The highest BCUT2D eigenvalue weighted by Crippen LogP contribution is 2.25. The van der Waals surface area contributed by atoms with Crippen LogP contribution >= 0.6 is 0 Å². The molecule has 0 saturated heterocycles. The molecule has 7 nitrogen and oxygen atoms in total. The fraction of sp³-hybridized carbons (Fsp3) is 0.211. The summed E-state index contributed by atoms with van der Waals surface area (Å²) >= 11 is 0. The lowest BCUT2D eigenvalue weighted by Gasteiger charge is -2.09. The number of methoxy groups -OCH3 is 2. The molecule has 0 unspecified atom stereocenters. The van der Waals surface area contributed by atoms with Gasteiger partial charge in [0.1, 0.15) is 17.1 Å². The Morgan fingerprint density at radius 1 is 1.08 bits per heavy atom. The molecule has 1 aromatic heterocycles. The lowest BCUT2D eigenvalue weighted by atomic mass is 10.1. The summed E-state index contributed by atoms with van der Waals surface area (Å²) in [5.41, 5.74) is 2.25. The number of hydrogen-bond donors (Lipinski definition) is 0. The first-order valence-corrected chi connectivity index (χ1v) is 7.89. The van der Waals surface area contributed by atoms with Gasteiger partial charge in [-0.2, -0.15) is 4.98 Å². The summed E-state index contributed by atoms with van der Waals surface area (Å²) in [6.07, 6.45) is 0. The van der Waals surface area contributed by atoms with Crippen molar-refractivity contribution in [2.45, 2.75) is 13.5 Å². The molecule has 2 aromatic carbocycles. The number of aryl methyl sites for hydroxylation is 1. The molecule has 3 aromatic rings. The van der Waals surface area contributed by atoms with Crippen LogP contribution in [0.25, 0.3) is 11.4 Å². The lowest BCUT2D eigenvalue weighted by Crippen LogP contribution is -2.07. The minimum atomic E-state index is -0.556. The summed E-state index contributed by atoms with van der Waals surface area (Å²) in [6.45, 7) is 1.87. The van der Waals surface area contributed by atoms with E-state index in [1.165, 1.54) is 14.2 Å². The van der Waals surface area contributed by atoms with Gasteiger partial charge in [-0.15, -0.1) is 0 Å². The summed E-state index contributed by atoms with van der Waals surface area (Å²) in [7, 11) is 3.01. The van der Waals surface area contributed by atoms with Crippen molar-refractivity contribution >= 4 is 5.97 Å². The van der Waals surface area contributed by atoms with Crippen molar-refractivity contribution in [1.82, 2.24) is 10.1 Å². The highest BCUT2D eigenvalue weighted by Gasteiger charge is 2.17. The molecular weight excluding hydrogens is 336 g/mol. The van der Waals surface area contributed by atoms with E-state index >= 15 is 0 Å². The van der Waals surface area contributed by atoms with Gasteiger partial charge in [0, 0.05) is 11.6 Å². The minimum Gasteiger partial charge on any atom is -0.497 e. The van der Waals surface area contributed by atoms with E-state index in [4.69, 9.17) is 18.7 Å². The normalized spacial score (nSPS) is 10.4. The fourth-order valence-corrected chi connectivity index (χ4v) is 2.31. The monoisotopic (exact) mass is 354 g/mol. The van der Waals surface area contributed by atoms with Crippen LogP contribution in [0.5, 0.6) is 11.5 Å². The van der Waals surface area contributed by atoms with Crippen LogP contribution in [0.15, 0.2) is 47.0 Å². The van der Waals surface area contributed by atoms with Crippen LogP contribution in [-0.2, 0) is 11.3 Å². The minimum absolute atomic E-state index is 0.132. The Labute approximate surface area is 150 Å². The number of rotatable bonds is 6. The molecule has 0 fully saturated rings. The first kappa shape index (κ1) is 17.5. The van der Waals surface area contributed by atoms with Crippen LogP contribution in [0.4, 0.5) is 0 Å². The van der Waals surface area contributed by atoms with Gasteiger partial charge >= 0.3 is 5.97 Å². The number of aromatic nitrogens is 2. The van der Waals surface area contributed by atoms with E-state index in [2.05, 4.69) is 10.1 Å². The summed E-state index contributed by atoms with van der Waals surface area (Å²) in [6, 6.07) is 12.6. The van der Waals surface area contributed by atoms with Gasteiger partial charge in [0.2, 0.25) is 5.82 Å². The second kappa shape index (κ2) is 7.69. The van der Waals surface area contributed by atoms with E-state index in [1.54, 1.807) is 18.2 Å². The molecule has 134 valence electrons. The Balaban J connectivity index is 1.68. The average Bonchev–Trinajstić information content (AvgIpc) is 3.15. The topological polar surface area (TPSA) is 83.7 Å². The van der Waals surface area contributed by atoms with Gasteiger partial charge in [0.05, 0.1) is 14.2 Å². The number of carbonyl (C=O) groups excluding carboxylic acids is 1. The molecule has 0 aliphatic carbocycles. The van der Waals surface area contributed by atoms with E-state index in [0.29, 0.717) is 17.3 Å². The van der Waals surface area contributed by atoms with Crippen molar-refractivity contribution in [1.29, 1.82) is 0 Å². The first-order chi connectivity index (χ1) is 12.6. The predicted octanol–water partition coefficient (Wildman–Crippen LogP) is 3.42. The van der Waals surface area contributed by atoms with Crippen molar-refractivity contribution in [2.75, 3.05) is 14.2 Å². The summed E-state index contributed by atoms with van der Waals surface area (Å²) < 4.78 is 20.7. The van der Waals surface area contributed by atoms with Gasteiger partial charge in [-0.3, -0.25) is 0 Å². The zero-order valence-corrected chi connectivity index (χ0v) is 14.7. The number of nitrogens with zero attached hydrogens (tertiary/aromatic N) is 2. The van der Waals surface area contributed by atoms with Gasteiger partial charge in [-0.05, 0) is 19.1 Å². The Bertz CT molecular complexity index is 903. The number of esters is 1. The van der Waals surface area contributed by atoms with Crippen LogP contribution in [0.1, 0.15) is 21.8 Å². The fourth-order valence-electron chi connectivity index (χ4n) is 2.31. The summed E-state index contributed by atoms with van der Waals surface area (Å²) in [4.78, 5) is 16.5. The lowest BCUT2D eigenvalue weighted by molar-refractivity contribution is 0.0426. The second-order valence-electron chi connectivity index (χ2n) is 5.52. The molecule has 1 heterocycles. The van der Waals surface area contributed by atoms with Crippen molar-refractivity contribution < 1.29 is 23.5 Å². The van der Waals surface area contributed by atoms with Crippen LogP contribution in [0, 0.1) is 6.92 Å². The third kappa shape index (κ3) is 3.83. The molecule has 7 heteroatoms. The van der Waals surface area contributed by atoms with Crippen molar-refractivity contribution in [3.8, 4) is 22.9 Å². The molecule has 0 bridgehead atoms. The molecule has 0 amide bonds. The van der Waals surface area contributed by atoms with Gasteiger partial charge in [-0.1, -0.05) is 35.0 Å². The van der Waals surface area contributed by atoms with Gasteiger partial charge in [-0.25, -0.2) is 4.79 Å². The van der Waals surface area contributed by atoms with E-state index in [-0.39, 0.29) is 18.1 Å². The van der Waals surface area contributed by atoms with Crippen LogP contribution < -0.4 is 9.47 Å². The molecule has 0 spiro atoms. The van der Waals surface area contributed by atoms with E-state index in [0.717, 1.165) is 11.1 Å². The van der Waals surface area contributed by atoms with Gasteiger partial charge < -0.3 is 18.7 Å². The highest BCUT2D eigenvalue weighted by molar-refractivity contribution is 5.92. The molecule has 3 rings (SSSR count). The summed E-state index contributed by atoms with van der Waals surface area (Å²) in [5, 5.41) is 3.90. The highest BCUT2D eigenvalue weighted by atomic mass is 16.6. The van der Waals surface area contributed by atoms with Crippen molar-refractivity contribution in [2.24, 2.45) is 0 Å². The zero-order valence-electron chi connectivity index (χ0n) is 14.7. The quantitative estimate of drug-likeness (QED) is 0.627. The Kier molecular flexibility index (Phi) is 5.17. The molecular formula is C19H18N2O5. The van der Waals surface area contributed by atoms with E-state index in [9.17, 15) is 4.79 Å². The Morgan fingerprint density at radius 2 is 1.85 bits per heavy atom. The van der Waals surface area contributed by atoms with Gasteiger partial charge in [0.15, 0.2) is 6.61 Å². The van der Waals surface area contributed by atoms with Crippen LogP contribution in [0.3, 0.4) is 0 Å². The SMILES string of the molecule is COc1ccc(C(=O)OCc2nc(-c3ccc(C)cc3)no2)c(OC)c1. The largest absolute Gasteiger partial charge is 0.497 e. The van der Waals surface area contributed by atoms with E-state index < -0.39 is 5.97 Å². The zero-order chi connectivity index (χ0) is 18.5. The second-order valence-corrected chi connectivity index (χ2v) is 5.52. The molecule has 0 saturated carbocycles. The third-order valence-corrected chi connectivity index (χ3v) is 3.73. The smallest absolute Gasteiger partial charge is 0.342 e. The Hall–Kier alpha value is -3.35. The average molecular weight is 354 g/mol. The number of benzene rings is 2. The standard InChI is InChI=1S/C19H18N2O5/c1-12-4-6-13(7-5-12)18-20-17(26-21-18)11-25-19(22)15-9-8-14(23-2)10-16(15)24-3/h4-10H,11H2,1-3H3. The summed E-state index contributed by atoms with van der Waals surface area (Å²) in [5.74, 6) is 1.04. The third-order valence-electron chi connectivity index (χ3n) is 3.73. The maximum Gasteiger partial charge on any atom is 0.342 e. The molecule has 0 N–H and O–H groups in total. The number of hydrogen-bond acceptors (Lipinski definition) is 7. The van der Waals surface area contributed by atoms with Crippen molar-refractivity contribution in [3.05, 3.63) is 59.5 Å². The Morgan fingerprint density at radius 3 is 2.54 bits per heavy atom. The molecule has 0 aliphatic heterocycles. The molecule has 0 aliphatic rings.